The second-order valence-electron chi connectivity index (χ2n) is 15.8. The van der Waals surface area contributed by atoms with E-state index in [0.29, 0.717) is 90.9 Å². The summed E-state index contributed by atoms with van der Waals surface area (Å²) in [7, 11) is 6.94. The van der Waals surface area contributed by atoms with E-state index >= 15 is 0 Å². The number of carbonyl (C=O) groups excluding carboxylic acids is 4. The van der Waals surface area contributed by atoms with Gasteiger partial charge in [0.05, 0.1) is 19.8 Å². The van der Waals surface area contributed by atoms with Gasteiger partial charge in [-0.25, -0.2) is 0 Å². The Morgan fingerprint density at radius 3 is 1.90 bits per heavy atom. The molecule has 3 amide bonds. The van der Waals surface area contributed by atoms with E-state index in [1.807, 2.05) is 46.2 Å². The third-order valence-electron chi connectivity index (χ3n) is 11.8. The van der Waals surface area contributed by atoms with Gasteiger partial charge in [-0.15, -0.1) is 11.6 Å². The van der Waals surface area contributed by atoms with E-state index < -0.39 is 11.2 Å². The first-order valence-corrected chi connectivity index (χ1v) is 20.9. The van der Waals surface area contributed by atoms with E-state index in [1.165, 1.54) is 0 Å². The van der Waals surface area contributed by atoms with Gasteiger partial charge in [-0.2, -0.15) is 4.79 Å². The molecule has 0 bridgehead atoms. The van der Waals surface area contributed by atoms with Gasteiger partial charge in [-0.1, -0.05) is 25.0 Å². The summed E-state index contributed by atoms with van der Waals surface area (Å²) < 4.78 is 18.0. The summed E-state index contributed by atoms with van der Waals surface area (Å²) in [5, 5.41) is 2.92. The summed E-state index contributed by atoms with van der Waals surface area (Å²) in [4.78, 5) is 64.8. The zero-order valence-corrected chi connectivity index (χ0v) is 34.9. The molecule has 3 heterocycles. The summed E-state index contributed by atoms with van der Waals surface area (Å²) >= 11 is 5.73. The van der Waals surface area contributed by atoms with Gasteiger partial charge in [0.15, 0.2) is 5.41 Å². The number of benzene rings is 3. The van der Waals surface area contributed by atoms with Crippen LogP contribution in [0.15, 0.2) is 54.6 Å². The van der Waals surface area contributed by atoms with Gasteiger partial charge in [-0.3, -0.25) is 19.2 Å². The summed E-state index contributed by atoms with van der Waals surface area (Å²) in [6.45, 7) is 3.43. The summed E-state index contributed by atoms with van der Waals surface area (Å²) in [6.07, 6.45) is 5.59. The van der Waals surface area contributed by atoms with E-state index in [-0.39, 0.29) is 48.7 Å². The number of unbranched alkanes of at least 4 members (excludes halogenated alkanes) is 3. The van der Waals surface area contributed by atoms with Gasteiger partial charge >= 0.3 is 5.71 Å². The van der Waals surface area contributed by atoms with Crippen LogP contribution < -0.4 is 19.9 Å². The third kappa shape index (κ3) is 7.82. The molecule has 59 heavy (non-hydrogen) atoms. The van der Waals surface area contributed by atoms with Gasteiger partial charge in [0.2, 0.25) is 11.8 Å². The largest absolute Gasteiger partial charge is 0.457 e. The van der Waals surface area contributed by atoms with Crippen molar-refractivity contribution in [3.05, 3.63) is 87.9 Å². The molecule has 0 saturated carbocycles. The van der Waals surface area contributed by atoms with Crippen molar-refractivity contribution < 1.29 is 38.2 Å². The van der Waals surface area contributed by atoms with Crippen LogP contribution in [0.2, 0.25) is 0 Å². The molecule has 1 aliphatic carbocycles. The van der Waals surface area contributed by atoms with Crippen molar-refractivity contribution in [1.82, 2.24) is 15.1 Å². The van der Waals surface area contributed by atoms with E-state index in [9.17, 15) is 24.7 Å². The van der Waals surface area contributed by atoms with Crippen molar-refractivity contribution in [3.63, 3.8) is 0 Å². The maximum Gasteiger partial charge on any atom is 0.358 e. The predicted molar refractivity (Wildman–Crippen MR) is 224 cm³/mol. The Kier molecular flexibility index (Phi) is 12.7. The molecule has 3 aromatic rings. The maximum absolute atomic E-state index is 14.3. The van der Waals surface area contributed by atoms with Crippen molar-refractivity contribution in [3.8, 4) is 11.5 Å². The molecular weight excluding hydrogens is 774 g/mol. The number of ketones is 1. The Hall–Kier alpha value is -5.27. The van der Waals surface area contributed by atoms with Crippen LogP contribution in [0.3, 0.4) is 0 Å². The molecule has 2 fully saturated rings. The minimum atomic E-state index is -1.47. The zero-order valence-electron chi connectivity index (χ0n) is 34.2. The highest BCUT2D eigenvalue weighted by Crippen LogP contribution is 2.57. The molecule has 3 aromatic carbocycles. The van der Waals surface area contributed by atoms with E-state index in [0.717, 1.165) is 37.1 Å². The summed E-state index contributed by atoms with van der Waals surface area (Å²) in [6, 6.07) is 15.4. The molecule has 4 aliphatic rings. The second-order valence-corrected chi connectivity index (χ2v) is 16.2. The van der Waals surface area contributed by atoms with Gasteiger partial charge in [-0.05, 0) is 61.6 Å². The van der Waals surface area contributed by atoms with Crippen LogP contribution in [0, 0.1) is 0 Å². The number of alkyl halides is 1. The highest BCUT2D eigenvalue weighted by atomic mass is 35.5. The topological polar surface area (TPSA) is 157 Å². The minimum Gasteiger partial charge on any atom is -0.457 e. The smallest absolute Gasteiger partial charge is 0.358 e. The number of amides is 3. The number of nitrogens with zero attached hydrogens (tertiary/aromatic N) is 6. The average molecular weight is 826 g/mol. The number of rotatable bonds is 17. The van der Waals surface area contributed by atoms with Gasteiger partial charge in [0.25, 0.3) is 11.7 Å². The number of fused-ring (bicyclic) bond motifs is 6. The lowest BCUT2D eigenvalue weighted by Crippen LogP contribution is -2.56. The molecule has 2 atom stereocenters. The molecule has 1 spiro atoms. The number of hydrogen-bond acceptors (Lipinski definition) is 9. The van der Waals surface area contributed by atoms with Gasteiger partial charge in [0, 0.05) is 106 Å². The first kappa shape index (κ1) is 41.9. The predicted octanol–water partition coefficient (Wildman–Crippen LogP) is 4.89. The molecule has 3 aliphatic heterocycles. The summed E-state index contributed by atoms with van der Waals surface area (Å²) in [5.41, 5.74) is 12.8. The fraction of sp³-hybridized carbons (Fsp3) is 0.477. The van der Waals surface area contributed by atoms with Crippen molar-refractivity contribution >= 4 is 52.2 Å². The summed E-state index contributed by atoms with van der Waals surface area (Å²) in [5.74, 6) is 0.647. The minimum absolute atomic E-state index is 0.00533. The van der Waals surface area contributed by atoms with Crippen molar-refractivity contribution in [1.29, 1.82) is 0 Å². The number of Topliss-reactive ketones (excluding diaryl/α,β-unsaturated/α-hetero) is 1. The standard InChI is InChI=1S/C44H52ClN7O7/c1-49(2)42(55)35-15-19-51(35)29-10-13-32-37(26-29)59-38-27-30(52-20-16-36(52)43(56)50(3)4)11-14-33(38)44(32)34-25-28(9-12-31(34)39(53)40(44)48-46)41(54)47-18-22-58-24-23-57-21-8-6-5-7-17-45/h9-14,25-27,35-36H,5-8,15-24H2,1-4H3,(H,47,54)/t35-,36-/m0/s1. The Balaban J connectivity index is 1.19. The Morgan fingerprint density at radius 1 is 0.797 bits per heavy atom. The number of likely N-dealkylation sites (N-methyl/N-ethyl adjacent to an activating group) is 2. The lowest BCUT2D eigenvalue weighted by Gasteiger charge is -2.44. The van der Waals surface area contributed by atoms with Crippen LogP contribution in [0.4, 0.5) is 11.4 Å². The third-order valence-corrected chi connectivity index (χ3v) is 12.1. The van der Waals surface area contributed by atoms with Crippen LogP contribution in [0.25, 0.3) is 5.53 Å². The molecule has 1 N–H and O–H groups in total. The van der Waals surface area contributed by atoms with Crippen LogP contribution in [-0.2, 0) is 24.5 Å². The van der Waals surface area contributed by atoms with Crippen molar-refractivity contribution in [2.45, 2.75) is 56.0 Å². The first-order valence-electron chi connectivity index (χ1n) is 20.4. The quantitative estimate of drug-likeness (QED) is 0.0867. The number of hydrogen-bond donors (Lipinski definition) is 1. The molecule has 14 nitrogen and oxygen atoms in total. The molecular formula is C44H52ClN7O7. The Bertz CT molecular complexity index is 2080. The SMILES string of the molecule is CN(C)C(=O)[C@@H]1CCN1c1ccc2c(c1)Oc1cc(N3CC[C@H]3C(=O)N(C)C)ccc1C21C(=[N+]=[N-])C(=O)c2ccc(C(=O)NCCOCCOCCCCCCCl)cc21. The van der Waals surface area contributed by atoms with Gasteiger partial charge < -0.3 is 44.7 Å². The number of ether oxygens (including phenoxy) is 3. The molecule has 0 radical (unpaired) electrons. The molecule has 15 heteroatoms. The van der Waals surface area contributed by atoms with Crippen molar-refractivity contribution in [2.75, 3.05) is 89.9 Å². The first-order chi connectivity index (χ1) is 28.5. The monoisotopic (exact) mass is 825 g/mol. The molecule has 0 aromatic heterocycles. The number of carbonyl (C=O) groups is 4. The molecule has 2 saturated heterocycles. The highest BCUT2D eigenvalue weighted by Gasteiger charge is 2.62. The number of nitrogens with one attached hydrogen (secondary N) is 1. The molecule has 0 unspecified atom stereocenters. The van der Waals surface area contributed by atoms with E-state index in [2.05, 4.69) is 10.1 Å². The van der Waals surface area contributed by atoms with Crippen LogP contribution in [0.5, 0.6) is 11.5 Å². The fourth-order valence-corrected chi connectivity index (χ4v) is 8.72. The highest BCUT2D eigenvalue weighted by molar-refractivity contribution is 6.52. The van der Waals surface area contributed by atoms with Gasteiger partial charge in [0.1, 0.15) is 23.6 Å². The maximum atomic E-state index is 14.3. The second kappa shape index (κ2) is 17.9. The lowest BCUT2D eigenvalue weighted by molar-refractivity contribution is -0.132. The normalized spacial score (nSPS) is 18.2. The van der Waals surface area contributed by atoms with E-state index in [1.54, 1.807) is 56.2 Å². The average Bonchev–Trinajstić information content (AvgIpc) is 3.43. The number of anilines is 2. The molecule has 7 rings (SSSR count). The zero-order chi connectivity index (χ0) is 41.8. The Labute approximate surface area is 349 Å². The lowest BCUT2D eigenvalue weighted by atomic mass is 9.67. The van der Waals surface area contributed by atoms with E-state index in [4.69, 9.17) is 25.8 Å². The van der Waals surface area contributed by atoms with Crippen LogP contribution in [-0.4, -0.2) is 136 Å². The number of halogens is 1. The molecule has 312 valence electrons. The van der Waals surface area contributed by atoms with Crippen molar-refractivity contribution in [2.24, 2.45) is 0 Å². The van der Waals surface area contributed by atoms with Crippen LogP contribution >= 0.6 is 11.6 Å². The Morgan fingerprint density at radius 2 is 1.37 bits per heavy atom. The van der Waals surface area contributed by atoms with Crippen LogP contribution in [0.1, 0.15) is 75.9 Å². The fourth-order valence-electron chi connectivity index (χ4n) is 8.53.